The van der Waals surface area contributed by atoms with Crippen LogP contribution in [0.5, 0.6) is 5.75 Å². The van der Waals surface area contributed by atoms with Crippen molar-refractivity contribution in [3.8, 4) is 5.75 Å². The molecule has 0 saturated heterocycles. The maximum atomic E-state index is 5.41. The Hall–Kier alpha value is -1.74. The highest BCUT2D eigenvalue weighted by molar-refractivity contribution is 14.0. The molecule has 2 rings (SSSR count). The minimum Gasteiger partial charge on any atom is -0.497 e. The van der Waals surface area contributed by atoms with Gasteiger partial charge in [-0.05, 0) is 42.9 Å². The van der Waals surface area contributed by atoms with E-state index in [2.05, 4.69) is 69.5 Å². The lowest BCUT2D eigenvalue weighted by molar-refractivity contribution is 0.218. The van der Waals surface area contributed by atoms with Crippen LogP contribution < -0.4 is 15.4 Å². The molecule has 1 unspecified atom stereocenters. The van der Waals surface area contributed by atoms with Gasteiger partial charge in [-0.1, -0.05) is 26.0 Å². The minimum atomic E-state index is 0. The first-order valence-electron chi connectivity index (χ1n) is 9.65. The molecule has 1 aromatic carbocycles. The first-order valence-corrected chi connectivity index (χ1v) is 9.65. The third-order valence-electron chi connectivity index (χ3n) is 4.75. The van der Waals surface area contributed by atoms with E-state index >= 15 is 0 Å². The summed E-state index contributed by atoms with van der Waals surface area (Å²) in [5.74, 6) is 1.71. The molecule has 2 aromatic rings. The van der Waals surface area contributed by atoms with E-state index in [1.54, 1.807) is 7.11 Å². The molecule has 28 heavy (non-hydrogen) atoms. The van der Waals surface area contributed by atoms with Gasteiger partial charge < -0.3 is 19.9 Å². The van der Waals surface area contributed by atoms with Gasteiger partial charge in [-0.25, -0.2) is 0 Å². The quantitative estimate of drug-likeness (QED) is 0.299. The zero-order chi connectivity index (χ0) is 19.5. The summed E-state index contributed by atoms with van der Waals surface area (Å²) in [4.78, 5) is 6.80. The van der Waals surface area contributed by atoms with Crippen molar-refractivity contribution in [2.24, 2.45) is 4.99 Å². The van der Waals surface area contributed by atoms with E-state index in [0.717, 1.165) is 44.4 Å². The summed E-state index contributed by atoms with van der Waals surface area (Å²) < 4.78 is 7.56. The summed E-state index contributed by atoms with van der Waals surface area (Å²) in [6.07, 6.45) is 4.13. The summed E-state index contributed by atoms with van der Waals surface area (Å²) in [6.45, 7) is 8.87. The van der Waals surface area contributed by atoms with Crippen LogP contribution in [0.25, 0.3) is 0 Å². The maximum absolute atomic E-state index is 5.41. The molecule has 2 N–H and O–H groups in total. The first kappa shape index (κ1) is 24.3. The van der Waals surface area contributed by atoms with Crippen molar-refractivity contribution in [2.45, 2.75) is 26.4 Å². The van der Waals surface area contributed by atoms with Gasteiger partial charge in [-0.15, -0.1) is 24.0 Å². The van der Waals surface area contributed by atoms with Gasteiger partial charge in [0.25, 0.3) is 0 Å². The van der Waals surface area contributed by atoms with Crippen molar-refractivity contribution < 1.29 is 4.74 Å². The fourth-order valence-electron chi connectivity index (χ4n) is 3.21. The van der Waals surface area contributed by atoms with Gasteiger partial charge in [0.2, 0.25) is 0 Å². The minimum absolute atomic E-state index is 0. The molecule has 6 nitrogen and oxygen atoms in total. The highest BCUT2D eigenvalue weighted by Crippen LogP contribution is 2.23. The maximum Gasteiger partial charge on any atom is 0.191 e. The zero-order valence-corrected chi connectivity index (χ0v) is 19.7. The number of methoxy groups -OCH3 is 1. The van der Waals surface area contributed by atoms with E-state index in [1.807, 2.05) is 25.2 Å². The molecule has 0 aliphatic carbocycles. The molecule has 0 amide bonds. The summed E-state index contributed by atoms with van der Waals surface area (Å²) in [7, 11) is 3.52. The molecule has 0 aliphatic heterocycles. The van der Waals surface area contributed by atoms with E-state index in [1.165, 1.54) is 5.56 Å². The predicted molar refractivity (Wildman–Crippen MR) is 128 cm³/mol. The second kappa shape index (κ2) is 13.4. The van der Waals surface area contributed by atoms with E-state index in [0.29, 0.717) is 0 Å². The van der Waals surface area contributed by atoms with Crippen LogP contribution in [-0.2, 0) is 6.54 Å². The van der Waals surface area contributed by atoms with E-state index < -0.39 is 0 Å². The average molecular weight is 499 g/mol. The standard InChI is InChI=1S/C21H33N5O.HI/c1-5-26(6-2)20(18-10-9-11-19(16-18)27-4)17-24-21(22-3)23-12-15-25-13-7-8-14-25;/h7-11,13-14,16,20H,5-6,12,15,17H2,1-4H3,(H2,22,23,24);1H. The second-order valence-electron chi connectivity index (χ2n) is 6.31. The third kappa shape index (κ3) is 7.35. The normalized spacial score (nSPS) is 12.4. The number of benzene rings is 1. The molecule has 1 heterocycles. The van der Waals surface area contributed by atoms with Crippen LogP contribution in [0.15, 0.2) is 53.8 Å². The molecular formula is C21H34IN5O. The topological polar surface area (TPSA) is 53.8 Å². The Balaban J connectivity index is 0.00000392. The SMILES string of the molecule is CCN(CC)C(CNC(=NC)NCCn1cccc1)c1cccc(OC)c1.I. The summed E-state index contributed by atoms with van der Waals surface area (Å²) in [6, 6.07) is 12.6. The number of nitrogens with one attached hydrogen (secondary N) is 2. The van der Waals surface area contributed by atoms with Crippen LogP contribution in [0.3, 0.4) is 0 Å². The lowest BCUT2D eigenvalue weighted by atomic mass is 10.0. The number of guanidine groups is 1. The molecule has 0 fully saturated rings. The van der Waals surface area contributed by atoms with Crippen LogP contribution in [0.2, 0.25) is 0 Å². The van der Waals surface area contributed by atoms with Gasteiger partial charge in [0, 0.05) is 39.1 Å². The summed E-state index contributed by atoms with van der Waals surface area (Å²) >= 11 is 0. The van der Waals surface area contributed by atoms with Crippen LogP contribution in [0.1, 0.15) is 25.5 Å². The number of ether oxygens (including phenoxy) is 1. The van der Waals surface area contributed by atoms with Gasteiger partial charge >= 0.3 is 0 Å². The van der Waals surface area contributed by atoms with Gasteiger partial charge in [-0.2, -0.15) is 0 Å². The summed E-state index contributed by atoms with van der Waals surface area (Å²) in [5.41, 5.74) is 1.24. The number of halogens is 1. The van der Waals surface area contributed by atoms with Gasteiger partial charge in [-0.3, -0.25) is 9.89 Å². The number of rotatable bonds is 10. The fourth-order valence-corrected chi connectivity index (χ4v) is 3.21. The van der Waals surface area contributed by atoms with Crippen molar-refractivity contribution in [2.75, 3.05) is 40.3 Å². The van der Waals surface area contributed by atoms with Crippen LogP contribution in [0, 0.1) is 0 Å². The molecule has 1 atom stereocenters. The number of hydrogen-bond acceptors (Lipinski definition) is 3. The van der Waals surface area contributed by atoms with Crippen LogP contribution in [-0.4, -0.2) is 55.8 Å². The van der Waals surface area contributed by atoms with Crippen molar-refractivity contribution in [1.82, 2.24) is 20.1 Å². The Morgan fingerprint density at radius 1 is 1.14 bits per heavy atom. The van der Waals surface area contributed by atoms with Gasteiger partial charge in [0.1, 0.15) is 5.75 Å². The predicted octanol–water partition coefficient (Wildman–Crippen LogP) is 3.36. The van der Waals surface area contributed by atoms with E-state index in [-0.39, 0.29) is 30.0 Å². The highest BCUT2D eigenvalue weighted by Gasteiger charge is 2.19. The fraction of sp³-hybridized carbons (Fsp3) is 0.476. The lowest BCUT2D eigenvalue weighted by Crippen LogP contribution is -2.44. The van der Waals surface area contributed by atoms with Crippen molar-refractivity contribution in [3.05, 3.63) is 54.4 Å². The zero-order valence-electron chi connectivity index (χ0n) is 17.4. The Morgan fingerprint density at radius 2 is 1.86 bits per heavy atom. The van der Waals surface area contributed by atoms with Gasteiger partial charge in [0.05, 0.1) is 13.2 Å². The Kier molecular flexibility index (Phi) is 11.7. The second-order valence-corrected chi connectivity index (χ2v) is 6.31. The number of likely N-dealkylation sites (N-methyl/N-ethyl adjacent to an activating group) is 1. The lowest BCUT2D eigenvalue weighted by Gasteiger charge is -2.31. The highest BCUT2D eigenvalue weighted by atomic mass is 127. The van der Waals surface area contributed by atoms with Gasteiger partial charge in [0.15, 0.2) is 5.96 Å². The molecule has 0 radical (unpaired) electrons. The Bertz CT molecular complexity index is 686. The number of nitrogens with zero attached hydrogens (tertiary/aromatic N) is 3. The monoisotopic (exact) mass is 499 g/mol. The number of aromatic nitrogens is 1. The number of hydrogen-bond donors (Lipinski definition) is 2. The van der Waals surface area contributed by atoms with Crippen molar-refractivity contribution >= 4 is 29.9 Å². The van der Waals surface area contributed by atoms with E-state index in [4.69, 9.17) is 4.74 Å². The largest absolute Gasteiger partial charge is 0.497 e. The molecule has 156 valence electrons. The van der Waals surface area contributed by atoms with E-state index in [9.17, 15) is 0 Å². The molecule has 0 bridgehead atoms. The molecular weight excluding hydrogens is 465 g/mol. The van der Waals surface area contributed by atoms with Crippen molar-refractivity contribution in [3.63, 3.8) is 0 Å². The smallest absolute Gasteiger partial charge is 0.191 e. The Labute approximate surface area is 186 Å². The third-order valence-corrected chi connectivity index (χ3v) is 4.75. The molecule has 1 aromatic heterocycles. The molecule has 0 aliphatic rings. The van der Waals surface area contributed by atoms with Crippen LogP contribution in [0.4, 0.5) is 0 Å². The summed E-state index contributed by atoms with van der Waals surface area (Å²) in [5, 5.41) is 6.87. The first-order chi connectivity index (χ1) is 13.2. The number of aliphatic imine (C=N–C) groups is 1. The van der Waals surface area contributed by atoms with Crippen LogP contribution >= 0.6 is 24.0 Å². The molecule has 0 spiro atoms. The van der Waals surface area contributed by atoms with Crippen molar-refractivity contribution in [1.29, 1.82) is 0 Å². The Morgan fingerprint density at radius 3 is 2.46 bits per heavy atom. The molecule has 7 heteroatoms. The molecule has 0 saturated carbocycles. The average Bonchev–Trinajstić information content (AvgIpc) is 3.23.